The molecule has 0 radical (unpaired) electrons. The molecule has 1 amide bonds. The number of piperidine rings is 1. The van der Waals surface area contributed by atoms with E-state index in [1.807, 2.05) is 30.3 Å². The number of likely N-dealkylation sites (tertiary alicyclic amines) is 1. The van der Waals surface area contributed by atoms with Gasteiger partial charge in [0, 0.05) is 30.8 Å². The first kappa shape index (κ1) is 18.2. The highest BCUT2D eigenvalue weighted by atomic mass is 35.5. The summed E-state index contributed by atoms with van der Waals surface area (Å²) in [6.45, 7) is 1.42. The van der Waals surface area contributed by atoms with Gasteiger partial charge in [0.25, 0.3) is 11.6 Å². The zero-order valence-electron chi connectivity index (χ0n) is 14.1. The molecule has 6 nitrogen and oxygen atoms in total. The van der Waals surface area contributed by atoms with E-state index in [-0.39, 0.29) is 22.4 Å². The summed E-state index contributed by atoms with van der Waals surface area (Å²) < 4.78 is 5.94. The number of carbonyl (C=O) groups is 1. The SMILES string of the molecule is O=C([C@@H](Oc1ccc([N+](=O)[O-])cc1Cl)c1ccccc1)N1CCCCC1. The Bertz CT molecular complexity index is 791. The minimum absolute atomic E-state index is 0.103. The summed E-state index contributed by atoms with van der Waals surface area (Å²) in [6, 6.07) is 13.2. The number of hydrogen-bond donors (Lipinski definition) is 0. The summed E-state index contributed by atoms with van der Waals surface area (Å²) in [5, 5.41) is 11.0. The van der Waals surface area contributed by atoms with Gasteiger partial charge in [0.1, 0.15) is 5.75 Å². The van der Waals surface area contributed by atoms with Crippen molar-refractivity contribution >= 4 is 23.2 Å². The van der Waals surface area contributed by atoms with Gasteiger partial charge in [0.2, 0.25) is 6.10 Å². The van der Waals surface area contributed by atoms with Crippen LogP contribution in [0.25, 0.3) is 0 Å². The van der Waals surface area contributed by atoms with E-state index in [1.54, 1.807) is 4.90 Å². The number of amides is 1. The Hall–Kier alpha value is -2.60. The van der Waals surface area contributed by atoms with Crippen molar-refractivity contribution in [2.45, 2.75) is 25.4 Å². The third kappa shape index (κ3) is 4.14. The Labute approximate surface area is 156 Å². The maximum atomic E-state index is 13.0. The summed E-state index contributed by atoms with van der Waals surface area (Å²) in [5.41, 5.74) is 0.596. The smallest absolute Gasteiger partial charge is 0.271 e. The van der Waals surface area contributed by atoms with Gasteiger partial charge in [0.15, 0.2) is 0 Å². The van der Waals surface area contributed by atoms with Crippen molar-refractivity contribution in [1.82, 2.24) is 4.90 Å². The van der Waals surface area contributed by atoms with Crippen molar-refractivity contribution < 1.29 is 14.5 Å². The summed E-state index contributed by atoms with van der Waals surface area (Å²) in [7, 11) is 0. The van der Waals surface area contributed by atoms with Crippen LogP contribution in [0.2, 0.25) is 5.02 Å². The van der Waals surface area contributed by atoms with Crippen LogP contribution in [0.4, 0.5) is 5.69 Å². The van der Waals surface area contributed by atoms with E-state index in [2.05, 4.69) is 0 Å². The molecule has 136 valence electrons. The fourth-order valence-corrected chi connectivity index (χ4v) is 3.21. The average Bonchev–Trinajstić information content (AvgIpc) is 2.67. The normalized spacial score (nSPS) is 15.3. The summed E-state index contributed by atoms with van der Waals surface area (Å²) in [6.07, 6.45) is 2.24. The Kier molecular flexibility index (Phi) is 5.73. The van der Waals surface area contributed by atoms with Crippen LogP contribution in [0.3, 0.4) is 0 Å². The summed E-state index contributed by atoms with van der Waals surface area (Å²) in [5.74, 6) is 0.127. The van der Waals surface area contributed by atoms with Crippen molar-refractivity contribution in [3.8, 4) is 5.75 Å². The van der Waals surface area contributed by atoms with Crippen molar-refractivity contribution in [1.29, 1.82) is 0 Å². The van der Waals surface area contributed by atoms with Gasteiger partial charge in [-0.05, 0) is 25.3 Å². The third-order valence-corrected chi connectivity index (χ3v) is 4.66. The number of nitro groups is 1. The lowest BCUT2D eigenvalue weighted by atomic mass is 10.1. The number of nitro benzene ring substituents is 1. The molecule has 0 spiro atoms. The molecule has 1 fully saturated rings. The molecule has 2 aromatic rings. The Morgan fingerprint density at radius 3 is 2.42 bits per heavy atom. The molecule has 0 aromatic heterocycles. The van der Waals surface area contributed by atoms with Gasteiger partial charge in [-0.3, -0.25) is 14.9 Å². The second-order valence-corrected chi connectivity index (χ2v) is 6.57. The number of halogens is 1. The van der Waals surface area contributed by atoms with Crippen LogP contribution in [0.15, 0.2) is 48.5 Å². The molecule has 1 aliphatic heterocycles. The van der Waals surface area contributed by atoms with Crippen molar-refractivity contribution in [3.05, 3.63) is 69.2 Å². The lowest BCUT2D eigenvalue weighted by molar-refractivity contribution is -0.384. The highest BCUT2D eigenvalue weighted by molar-refractivity contribution is 6.32. The largest absolute Gasteiger partial charge is 0.474 e. The Balaban J connectivity index is 1.89. The molecule has 1 saturated heterocycles. The van der Waals surface area contributed by atoms with Crippen LogP contribution in [0, 0.1) is 10.1 Å². The zero-order valence-corrected chi connectivity index (χ0v) is 14.9. The fraction of sp³-hybridized carbons (Fsp3) is 0.316. The first-order chi connectivity index (χ1) is 12.6. The standard InChI is InChI=1S/C19H19ClN2O4/c20-16-13-15(22(24)25)9-10-17(16)26-18(14-7-3-1-4-8-14)19(23)21-11-5-2-6-12-21/h1,3-4,7-10,13,18H,2,5-6,11-12H2/t18-/m0/s1. The number of rotatable bonds is 5. The number of non-ortho nitro benzene ring substituents is 1. The highest BCUT2D eigenvalue weighted by Crippen LogP contribution is 2.33. The molecule has 0 unspecified atom stereocenters. The average molecular weight is 375 g/mol. The van der Waals surface area contributed by atoms with Gasteiger partial charge >= 0.3 is 0 Å². The van der Waals surface area contributed by atoms with Gasteiger partial charge in [-0.2, -0.15) is 0 Å². The van der Waals surface area contributed by atoms with Crippen LogP contribution < -0.4 is 4.74 Å². The molecule has 7 heteroatoms. The lowest BCUT2D eigenvalue weighted by Gasteiger charge is -2.30. The van der Waals surface area contributed by atoms with E-state index < -0.39 is 11.0 Å². The minimum Gasteiger partial charge on any atom is -0.474 e. The monoisotopic (exact) mass is 374 g/mol. The molecule has 3 rings (SSSR count). The lowest BCUT2D eigenvalue weighted by Crippen LogP contribution is -2.40. The molecule has 0 bridgehead atoms. The molecular formula is C19H19ClN2O4. The molecular weight excluding hydrogens is 356 g/mol. The van der Waals surface area contributed by atoms with Gasteiger partial charge < -0.3 is 9.64 Å². The van der Waals surface area contributed by atoms with Crippen LogP contribution in [0.5, 0.6) is 5.75 Å². The minimum atomic E-state index is -0.840. The van der Waals surface area contributed by atoms with E-state index in [4.69, 9.17) is 16.3 Å². The summed E-state index contributed by atoms with van der Waals surface area (Å²) in [4.78, 5) is 25.2. The topological polar surface area (TPSA) is 72.7 Å². The first-order valence-corrected chi connectivity index (χ1v) is 8.88. The van der Waals surface area contributed by atoms with Gasteiger partial charge in [-0.1, -0.05) is 41.9 Å². The molecule has 0 saturated carbocycles. The quantitative estimate of drug-likeness (QED) is 0.575. The molecule has 2 aromatic carbocycles. The zero-order chi connectivity index (χ0) is 18.5. The third-order valence-electron chi connectivity index (χ3n) is 4.37. The van der Waals surface area contributed by atoms with E-state index in [0.717, 1.165) is 24.8 Å². The molecule has 1 atom stereocenters. The van der Waals surface area contributed by atoms with E-state index in [9.17, 15) is 14.9 Å². The van der Waals surface area contributed by atoms with Crippen molar-refractivity contribution in [3.63, 3.8) is 0 Å². The van der Waals surface area contributed by atoms with Gasteiger partial charge in [-0.25, -0.2) is 0 Å². The summed E-state index contributed by atoms with van der Waals surface area (Å²) >= 11 is 6.14. The van der Waals surface area contributed by atoms with Crippen molar-refractivity contribution in [2.75, 3.05) is 13.1 Å². The molecule has 1 heterocycles. The maximum absolute atomic E-state index is 13.0. The predicted octanol–water partition coefficient (Wildman–Crippen LogP) is 4.38. The number of carbonyl (C=O) groups excluding carboxylic acids is 1. The second kappa shape index (κ2) is 8.19. The van der Waals surface area contributed by atoms with Crippen LogP contribution in [-0.2, 0) is 4.79 Å². The van der Waals surface area contributed by atoms with Crippen LogP contribution >= 0.6 is 11.6 Å². The number of nitrogens with zero attached hydrogens (tertiary/aromatic N) is 2. The molecule has 26 heavy (non-hydrogen) atoms. The van der Waals surface area contributed by atoms with E-state index in [0.29, 0.717) is 13.1 Å². The van der Waals surface area contributed by atoms with Gasteiger partial charge in [-0.15, -0.1) is 0 Å². The maximum Gasteiger partial charge on any atom is 0.271 e. The number of hydrogen-bond acceptors (Lipinski definition) is 4. The molecule has 0 aliphatic carbocycles. The Morgan fingerprint density at radius 1 is 1.12 bits per heavy atom. The predicted molar refractivity (Wildman–Crippen MR) is 98.3 cm³/mol. The molecule has 0 N–H and O–H groups in total. The fourth-order valence-electron chi connectivity index (χ4n) is 2.99. The number of ether oxygens (including phenoxy) is 1. The van der Waals surface area contributed by atoms with E-state index >= 15 is 0 Å². The second-order valence-electron chi connectivity index (χ2n) is 6.17. The van der Waals surface area contributed by atoms with Gasteiger partial charge in [0.05, 0.1) is 9.95 Å². The molecule has 1 aliphatic rings. The van der Waals surface area contributed by atoms with E-state index in [1.165, 1.54) is 18.2 Å². The number of benzene rings is 2. The van der Waals surface area contributed by atoms with Crippen LogP contribution in [-0.4, -0.2) is 28.8 Å². The van der Waals surface area contributed by atoms with Crippen molar-refractivity contribution in [2.24, 2.45) is 0 Å². The Morgan fingerprint density at radius 2 is 1.81 bits per heavy atom. The highest BCUT2D eigenvalue weighted by Gasteiger charge is 2.29. The first-order valence-electron chi connectivity index (χ1n) is 8.50. The van der Waals surface area contributed by atoms with Crippen LogP contribution in [0.1, 0.15) is 30.9 Å².